The number of carbonyl (C=O) groups is 3. The topological polar surface area (TPSA) is 106 Å². The molecule has 0 saturated carbocycles. The number of methoxy groups -OCH3 is 1. The van der Waals surface area contributed by atoms with Crippen LogP contribution in [0.5, 0.6) is 11.5 Å². The number of nitrogens with zero attached hydrogens (tertiary/aromatic N) is 1. The first-order chi connectivity index (χ1) is 16.3. The average Bonchev–Trinajstić information content (AvgIpc) is 2.84. The average molecular weight is 528 g/mol. The summed E-state index contributed by atoms with van der Waals surface area (Å²) in [6, 6.07) is 17.0. The lowest BCUT2D eigenvalue weighted by molar-refractivity contribution is -0.136. The van der Waals surface area contributed by atoms with E-state index in [0.717, 1.165) is 6.07 Å². The van der Waals surface area contributed by atoms with E-state index >= 15 is 0 Å². The fourth-order valence-corrected chi connectivity index (χ4v) is 3.20. The minimum atomic E-state index is -1.08. The number of halogens is 2. The predicted octanol–water partition coefficient (Wildman–Crippen LogP) is 4.29. The van der Waals surface area contributed by atoms with Crippen LogP contribution in [-0.4, -0.2) is 30.6 Å². The molecule has 0 bridgehead atoms. The third kappa shape index (κ3) is 6.04. The van der Waals surface area contributed by atoms with E-state index in [1.807, 2.05) is 0 Å². The van der Waals surface area contributed by atoms with Gasteiger partial charge in [0.25, 0.3) is 0 Å². The molecule has 174 valence electrons. The van der Waals surface area contributed by atoms with Gasteiger partial charge in [-0.3, -0.25) is 9.59 Å². The summed E-state index contributed by atoms with van der Waals surface area (Å²) in [5.74, 6) is -2.95. The molecule has 0 heterocycles. The molecule has 0 aromatic heterocycles. The highest BCUT2D eigenvalue weighted by atomic mass is 79.9. The quantitative estimate of drug-likeness (QED) is 0.163. The second kappa shape index (κ2) is 11.2. The Balaban J connectivity index is 1.68. The lowest BCUT2D eigenvalue weighted by Crippen LogP contribution is -2.33. The van der Waals surface area contributed by atoms with Crippen LogP contribution in [0.25, 0.3) is 0 Å². The summed E-state index contributed by atoms with van der Waals surface area (Å²) in [7, 11) is 1.41. The Hall–Kier alpha value is -4.05. The minimum Gasteiger partial charge on any atom is -0.493 e. The molecule has 0 unspecified atom stereocenters. The molecule has 0 radical (unpaired) electrons. The molecule has 3 aromatic carbocycles. The molecule has 0 spiro atoms. The van der Waals surface area contributed by atoms with E-state index in [1.54, 1.807) is 43.3 Å². The molecular weight excluding hydrogens is 509 g/mol. The SMILES string of the molecule is COc1cc(/C(C)=N/NC(=O)C(=O)Nc2ccccc2F)ccc1OC(=O)c1ccccc1Br. The van der Waals surface area contributed by atoms with Crippen LogP contribution in [0.2, 0.25) is 0 Å². The normalized spacial score (nSPS) is 10.9. The number of rotatable bonds is 6. The zero-order valence-corrected chi connectivity index (χ0v) is 19.7. The van der Waals surface area contributed by atoms with E-state index in [1.165, 1.54) is 31.4 Å². The van der Waals surface area contributed by atoms with E-state index in [4.69, 9.17) is 9.47 Å². The first kappa shape index (κ1) is 24.6. The number of anilines is 1. The van der Waals surface area contributed by atoms with Gasteiger partial charge in [0, 0.05) is 10.0 Å². The van der Waals surface area contributed by atoms with E-state index in [2.05, 4.69) is 31.8 Å². The standard InChI is InChI=1S/C24H19BrFN3O5/c1-14(28-29-23(31)22(30)27-19-10-6-5-9-18(19)26)15-11-12-20(21(13-15)33-2)34-24(32)16-7-3-4-8-17(16)25/h3-13H,1-2H3,(H,27,30)(H,29,31)/b28-14+. The minimum absolute atomic E-state index is 0.124. The van der Waals surface area contributed by atoms with E-state index in [9.17, 15) is 18.8 Å². The highest BCUT2D eigenvalue weighted by molar-refractivity contribution is 9.10. The molecule has 0 atom stereocenters. The van der Waals surface area contributed by atoms with Crippen LogP contribution >= 0.6 is 15.9 Å². The number of nitrogens with one attached hydrogen (secondary N) is 2. The van der Waals surface area contributed by atoms with Gasteiger partial charge in [0.2, 0.25) is 0 Å². The van der Waals surface area contributed by atoms with E-state index in [-0.39, 0.29) is 17.2 Å². The predicted molar refractivity (Wildman–Crippen MR) is 127 cm³/mol. The molecule has 0 fully saturated rings. The maximum absolute atomic E-state index is 13.6. The van der Waals surface area contributed by atoms with Crippen molar-refractivity contribution in [3.8, 4) is 11.5 Å². The highest BCUT2D eigenvalue weighted by Gasteiger charge is 2.17. The zero-order chi connectivity index (χ0) is 24.7. The van der Waals surface area contributed by atoms with Gasteiger partial charge in [0.15, 0.2) is 11.5 Å². The Morgan fingerprint density at radius 1 is 0.941 bits per heavy atom. The first-order valence-corrected chi connectivity index (χ1v) is 10.6. The summed E-state index contributed by atoms with van der Waals surface area (Å²) in [6.07, 6.45) is 0. The Bertz CT molecular complexity index is 1280. The van der Waals surface area contributed by atoms with Gasteiger partial charge in [-0.2, -0.15) is 5.10 Å². The monoisotopic (exact) mass is 527 g/mol. The number of benzene rings is 3. The van der Waals surface area contributed by atoms with E-state index < -0.39 is 23.6 Å². The number of esters is 1. The van der Waals surface area contributed by atoms with Crippen molar-refractivity contribution in [2.24, 2.45) is 5.10 Å². The molecule has 10 heteroatoms. The molecule has 0 aliphatic carbocycles. The van der Waals surface area contributed by atoms with Crippen LogP contribution in [0.4, 0.5) is 10.1 Å². The number of hydrazone groups is 1. The summed E-state index contributed by atoms with van der Waals surface area (Å²) >= 11 is 3.31. The van der Waals surface area contributed by atoms with Gasteiger partial charge in [-0.15, -0.1) is 0 Å². The summed E-state index contributed by atoms with van der Waals surface area (Å²) in [5.41, 5.74) is 3.22. The number of para-hydroxylation sites is 1. The smallest absolute Gasteiger partial charge is 0.344 e. The fourth-order valence-electron chi connectivity index (χ4n) is 2.75. The van der Waals surface area contributed by atoms with Crippen molar-refractivity contribution in [2.75, 3.05) is 12.4 Å². The number of carbonyl (C=O) groups excluding carboxylic acids is 3. The van der Waals surface area contributed by atoms with E-state index in [0.29, 0.717) is 21.3 Å². The highest BCUT2D eigenvalue weighted by Crippen LogP contribution is 2.30. The first-order valence-electron chi connectivity index (χ1n) is 9.85. The zero-order valence-electron chi connectivity index (χ0n) is 18.1. The Kier molecular flexibility index (Phi) is 8.10. The van der Waals surface area contributed by atoms with Crippen molar-refractivity contribution in [3.05, 3.63) is 88.1 Å². The summed E-state index contributed by atoms with van der Waals surface area (Å²) in [5, 5.41) is 6.07. The lowest BCUT2D eigenvalue weighted by atomic mass is 10.1. The van der Waals surface area contributed by atoms with Crippen molar-refractivity contribution < 1.29 is 28.2 Å². The van der Waals surface area contributed by atoms with Crippen LogP contribution in [0.1, 0.15) is 22.8 Å². The van der Waals surface area contributed by atoms with Gasteiger partial charge in [-0.05, 0) is 65.3 Å². The van der Waals surface area contributed by atoms with Crippen molar-refractivity contribution in [1.82, 2.24) is 5.43 Å². The largest absolute Gasteiger partial charge is 0.493 e. The van der Waals surface area contributed by atoms with Gasteiger partial charge < -0.3 is 14.8 Å². The number of amides is 2. The third-order valence-electron chi connectivity index (χ3n) is 4.53. The van der Waals surface area contributed by atoms with Crippen LogP contribution in [0.3, 0.4) is 0 Å². The summed E-state index contributed by atoms with van der Waals surface area (Å²) < 4.78 is 25.0. The Labute approximate surface area is 202 Å². The van der Waals surface area contributed by atoms with Gasteiger partial charge in [-0.25, -0.2) is 14.6 Å². The Morgan fingerprint density at radius 2 is 1.65 bits per heavy atom. The van der Waals surface area contributed by atoms with Gasteiger partial charge in [-0.1, -0.05) is 24.3 Å². The molecule has 34 heavy (non-hydrogen) atoms. The molecule has 0 aliphatic rings. The van der Waals surface area contributed by atoms with Crippen molar-refractivity contribution in [1.29, 1.82) is 0 Å². The van der Waals surface area contributed by atoms with Crippen molar-refractivity contribution in [3.63, 3.8) is 0 Å². The molecule has 0 aliphatic heterocycles. The van der Waals surface area contributed by atoms with Gasteiger partial charge in [0.1, 0.15) is 5.82 Å². The maximum atomic E-state index is 13.6. The summed E-state index contributed by atoms with van der Waals surface area (Å²) in [4.78, 5) is 36.5. The Morgan fingerprint density at radius 3 is 2.35 bits per heavy atom. The molecule has 8 nitrogen and oxygen atoms in total. The van der Waals surface area contributed by atoms with Gasteiger partial charge >= 0.3 is 17.8 Å². The van der Waals surface area contributed by atoms with Crippen molar-refractivity contribution >= 4 is 45.1 Å². The van der Waals surface area contributed by atoms with Crippen LogP contribution in [0, 0.1) is 5.82 Å². The second-order valence-electron chi connectivity index (χ2n) is 6.81. The molecular formula is C24H19BrFN3O5. The number of ether oxygens (including phenoxy) is 2. The van der Waals surface area contributed by atoms with Crippen LogP contribution < -0.4 is 20.2 Å². The van der Waals surface area contributed by atoms with Crippen LogP contribution in [0.15, 0.2) is 76.3 Å². The fraction of sp³-hybridized carbons (Fsp3) is 0.0833. The molecule has 2 N–H and O–H groups in total. The molecule has 2 amide bonds. The molecule has 3 rings (SSSR count). The van der Waals surface area contributed by atoms with Crippen LogP contribution in [-0.2, 0) is 9.59 Å². The third-order valence-corrected chi connectivity index (χ3v) is 5.22. The second-order valence-corrected chi connectivity index (χ2v) is 7.66. The summed E-state index contributed by atoms with van der Waals surface area (Å²) in [6.45, 7) is 1.59. The maximum Gasteiger partial charge on any atom is 0.344 e. The number of hydrogen-bond donors (Lipinski definition) is 2. The lowest BCUT2D eigenvalue weighted by Gasteiger charge is -2.12. The molecule has 3 aromatic rings. The van der Waals surface area contributed by atoms with Crippen molar-refractivity contribution in [2.45, 2.75) is 6.92 Å². The number of hydrogen-bond acceptors (Lipinski definition) is 6. The molecule has 0 saturated heterocycles. The van der Waals surface area contributed by atoms with Gasteiger partial charge in [0.05, 0.1) is 24.1 Å².